The third kappa shape index (κ3) is 1.21. The van der Waals surface area contributed by atoms with E-state index in [9.17, 15) is 0 Å². The number of rotatable bonds is 2. The Hall–Kier alpha value is -0.610. The van der Waals surface area contributed by atoms with Crippen LogP contribution in [0.1, 0.15) is 22.9 Å². The molecule has 3 nitrogen and oxygen atoms in total. The summed E-state index contributed by atoms with van der Waals surface area (Å²) in [5, 5.41) is 9.52. The molecular weight excluding hydrogens is 172 g/mol. The van der Waals surface area contributed by atoms with Gasteiger partial charge in [-0.2, -0.15) is 0 Å². The normalized spacial score (nSPS) is 27.5. The quantitative estimate of drug-likeness (QED) is 0.724. The van der Waals surface area contributed by atoms with E-state index in [4.69, 9.17) is 10.8 Å². The van der Waals surface area contributed by atoms with Gasteiger partial charge in [-0.3, -0.25) is 0 Å². The fourth-order valence-electron chi connectivity index (χ4n) is 1.56. The van der Waals surface area contributed by atoms with Crippen LogP contribution < -0.4 is 5.73 Å². The maximum atomic E-state index is 8.88. The predicted octanol–water partition coefficient (Wildman–Crippen LogP) is 1.13. The van der Waals surface area contributed by atoms with Crippen LogP contribution in [0.25, 0.3) is 0 Å². The van der Waals surface area contributed by atoms with Gasteiger partial charge in [-0.05, 0) is 19.3 Å². The van der Waals surface area contributed by atoms with E-state index in [1.165, 1.54) is 16.2 Å². The van der Waals surface area contributed by atoms with E-state index in [0.717, 1.165) is 12.1 Å². The number of aromatic nitrogens is 1. The zero-order valence-corrected chi connectivity index (χ0v) is 7.77. The largest absolute Gasteiger partial charge is 0.396 e. The smallest absolute Gasteiger partial charge is 0.180 e. The first kappa shape index (κ1) is 8.01. The number of nitrogens with zero attached hydrogens (tertiary/aromatic N) is 1. The van der Waals surface area contributed by atoms with Gasteiger partial charge in [0.1, 0.15) is 0 Å². The van der Waals surface area contributed by atoms with Crippen LogP contribution in [-0.2, 0) is 0 Å². The minimum atomic E-state index is 0.279. The molecule has 1 saturated carbocycles. The zero-order chi connectivity index (χ0) is 8.72. The van der Waals surface area contributed by atoms with Crippen molar-refractivity contribution in [3.63, 3.8) is 0 Å². The summed E-state index contributed by atoms with van der Waals surface area (Å²) in [5.74, 6) is 0.911. The Morgan fingerprint density at radius 1 is 1.75 bits per heavy atom. The molecule has 4 heteroatoms. The Balaban J connectivity index is 2.19. The van der Waals surface area contributed by atoms with Gasteiger partial charge in [-0.1, -0.05) is 0 Å². The van der Waals surface area contributed by atoms with E-state index in [1.807, 2.05) is 6.92 Å². The van der Waals surface area contributed by atoms with Crippen LogP contribution in [0.5, 0.6) is 0 Å². The van der Waals surface area contributed by atoms with Gasteiger partial charge in [0.05, 0.1) is 5.69 Å². The highest BCUT2D eigenvalue weighted by Crippen LogP contribution is 2.48. The van der Waals surface area contributed by atoms with Crippen molar-refractivity contribution in [1.29, 1.82) is 0 Å². The maximum absolute atomic E-state index is 8.88. The molecule has 12 heavy (non-hydrogen) atoms. The number of hydrogen-bond acceptors (Lipinski definition) is 4. The molecule has 0 bridgehead atoms. The summed E-state index contributed by atoms with van der Waals surface area (Å²) in [5.41, 5.74) is 6.68. The lowest BCUT2D eigenvalue weighted by atomic mass is 10.2. The molecule has 1 aliphatic carbocycles. The van der Waals surface area contributed by atoms with Crippen molar-refractivity contribution in [2.24, 2.45) is 5.92 Å². The van der Waals surface area contributed by atoms with Gasteiger partial charge in [-0.15, -0.1) is 11.3 Å². The summed E-state index contributed by atoms with van der Waals surface area (Å²) in [6.07, 6.45) is 1.07. The van der Waals surface area contributed by atoms with E-state index in [0.29, 0.717) is 17.0 Å². The Morgan fingerprint density at radius 3 is 2.92 bits per heavy atom. The number of aliphatic hydroxyl groups is 1. The minimum absolute atomic E-state index is 0.279. The third-order valence-corrected chi connectivity index (χ3v) is 3.17. The standard InChI is InChI=1S/C8H12N2OS/c1-4-7(10-8(9)12-4)6-2-5(6)3-11/h5-6,11H,2-3H2,1H3,(H2,9,10). The molecule has 1 heterocycles. The van der Waals surface area contributed by atoms with Gasteiger partial charge in [-0.25, -0.2) is 4.98 Å². The molecule has 1 aliphatic rings. The van der Waals surface area contributed by atoms with Gasteiger partial charge >= 0.3 is 0 Å². The molecule has 0 aromatic carbocycles. The molecule has 3 N–H and O–H groups in total. The number of thiazole rings is 1. The van der Waals surface area contributed by atoms with Gasteiger partial charge in [0.2, 0.25) is 0 Å². The predicted molar refractivity (Wildman–Crippen MR) is 49.2 cm³/mol. The Morgan fingerprint density at radius 2 is 2.50 bits per heavy atom. The maximum Gasteiger partial charge on any atom is 0.180 e. The average molecular weight is 184 g/mol. The second kappa shape index (κ2) is 2.71. The van der Waals surface area contributed by atoms with Gasteiger partial charge in [0.25, 0.3) is 0 Å². The molecule has 2 atom stereocenters. The molecule has 0 radical (unpaired) electrons. The fraction of sp³-hybridized carbons (Fsp3) is 0.625. The average Bonchev–Trinajstić information content (AvgIpc) is 2.72. The summed E-state index contributed by atoms with van der Waals surface area (Å²) in [7, 11) is 0. The number of nitrogens with two attached hydrogens (primary N) is 1. The van der Waals surface area contributed by atoms with Crippen molar-refractivity contribution in [2.45, 2.75) is 19.3 Å². The number of nitrogen functional groups attached to an aromatic ring is 1. The lowest BCUT2D eigenvalue weighted by Crippen LogP contribution is -1.91. The monoisotopic (exact) mass is 184 g/mol. The van der Waals surface area contributed by atoms with E-state index in [1.54, 1.807) is 0 Å². The molecule has 0 aliphatic heterocycles. The minimum Gasteiger partial charge on any atom is -0.396 e. The van der Waals surface area contributed by atoms with Crippen LogP contribution in [0.3, 0.4) is 0 Å². The van der Waals surface area contributed by atoms with Crippen LogP contribution >= 0.6 is 11.3 Å². The number of hydrogen-bond donors (Lipinski definition) is 2. The first-order valence-electron chi connectivity index (χ1n) is 4.06. The van der Waals surface area contributed by atoms with E-state index in [-0.39, 0.29) is 6.61 Å². The van der Waals surface area contributed by atoms with Gasteiger partial charge in [0.15, 0.2) is 5.13 Å². The van der Waals surface area contributed by atoms with E-state index < -0.39 is 0 Å². The van der Waals surface area contributed by atoms with Crippen LogP contribution in [0.15, 0.2) is 0 Å². The molecular formula is C8H12N2OS. The lowest BCUT2D eigenvalue weighted by Gasteiger charge is -1.93. The second-order valence-corrected chi connectivity index (χ2v) is 4.51. The van der Waals surface area contributed by atoms with Crippen LogP contribution in [-0.4, -0.2) is 16.7 Å². The van der Waals surface area contributed by atoms with Crippen molar-refractivity contribution in [1.82, 2.24) is 4.98 Å². The highest BCUT2D eigenvalue weighted by Gasteiger charge is 2.40. The second-order valence-electron chi connectivity index (χ2n) is 3.28. The molecule has 1 aromatic heterocycles. The summed E-state index contributed by atoms with van der Waals surface area (Å²) >= 11 is 1.54. The fourth-order valence-corrected chi connectivity index (χ4v) is 2.32. The van der Waals surface area contributed by atoms with E-state index in [2.05, 4.69) is 4.98 Å². The van der Waals surface area contributed by atoms with E-state index >= 15 is 0 Å². The van der Waals surface area contributed by atoms with Crippen molar-refractivity contribution < 1.29 is 5.11 Å². The number of aryl methyl sites for hydroxylation is 1. The molecule has 1 aromatic rings. The molecule has 0 amide bonds. The van der Waals surface area contributed by atoms with Crippen LogP contribution in [0.2, 0.25) is 0 Å². The molecule has 2 rings (SSSR count). The summed E-state index contributed by atoms with van der Waals surface area (Å²) < 4.78 is 0. The highest BCUT2D eigenvalue weighted by atomic mass is 32.1. The first-order chi connectivity index (χ1) is 5.72. The number of aliphatic hydroxyl groups excluding tert-OH is 1. The van der Waals surface area contributed by atoms with Gasteiger partial charge in [0, 0.05) is 17.4 Å². The summed E-state index contributed by atoms with van der Waals surface area (Å²) in [4.78, 5) is 5.46. The topological polar surface area (TPSA) is 59.1 Å². The van der Waals surface area contributed by atoms with Crippen LogP contribution in [0, 0.1) is 12.8 Å². The molecule has 66 valence electrons. The van der Waals surface area contributed by atoms with Crippen molar-refractivity contribution in [2.75, 3.05) is 12.3 Å². The van der Waals surface area contributed by atoms with Crippen LogP contribution in [0.4, 0.5) is 5.13 Å². The summed E-state index contributed by atoms with van der Waals surface area (Å²) in [6.45, 7) is 2.32. The first-order valence-corrected chi connectivity index (χ1v) is 4.87. The molecule has 2 unspecified atom stereocenters. The van der Waals surface area contributed by atoms with Crippen molar-refractivity contribution in [3.8, 4) is 0 Å². The third-order valence-electron chi connectivity index (χ3n) is 2.36. The molecule has 0 saturated heterocycles. The molecule has 1 fully saturated rings. The number of anilines is 1. The zero-order valence-electron chi connectivity index (χ0n) is 6.95. The SMILES string of the molecule is Cc1sc(N)nc1C1CC1CO. The van der Waals surface area contributed by atoms with Crippen molar-refractivity contribution >= 4 is 16.5 Å². The van der Waals surface area contributed by atoms with Crippen molar-refractivity contribution in [3.05, 3.63) is 10.6 Å². The van der Waals surface area contributed by atoms with Gasteiger partial charge < -0.3 is 10.8 Å². The lowest BCUT2D eigenvalue weighted by molar-refractivity contribution is 0.273. The summed E-state index contributed by atoms with van der Waals surface area (Å²) in [6, 6.07) is 0. The Kier molecular flexibility index (Phi) is 1.81. The Bertz CT molecular complexity index is 297. The Labute approximate surface area is 75.2 Å². The molecule has 0 spiro atoms. The highest BCUT2D eigenvalue weighted by molar-refractivity contribution is 7.15.